The molecule has 4 aromatic carbocycles. The topological polar surface area (TPSA) is 97.6 Å². The summed E-state index contributed by atoms with van der Waals surface area (Å²) in [5.41, 5.74) is 4.06. The maximum absolute atomic E-state index is 15.9. The monoisotopic (exact) mass is 553 g/mol. The van der Waals surface area contributed by atoms with Crippen LogP contribution in [0.1, 0.15) is 56.1 Å². The number of ketones is 1. The SMILES string of the molecule is CC(=O)O/N=C(/C)c1ccc(N(c2ccc(/C(C)=N/OC(C)=O)cc2F)c2ccc(C(C)=O)c3ccccc23)cc1. The summed E-state index contributed by atoms with van der Waals surface area (Å²) in [7, 11) is 0. The molecule has 4 aromatic rings. The molecular weight excluding hydrogens is 525 g/mol. The molecule has 0 aliphatic carbocycles. The number of hydrogen-bond acceptors (Lipinski definition) is 8. The molecule has 0 spiro atoms. The second-order valence-corrected chi connectivity index (χ2v) is 9.30. The van der Waals surface area contributed by atoms with E-state index in [1.54, 1.807) is 67.3 Å². The lowest BCUT2D eigenvalue weighted by Crippen LogP contribution is -2.14. The maximum atomic E-state index is 15.9. The summed E-state index contributed by atoms with van der Waals surface area (Å²) < 4.78 is 15.9. The zero-order valence-corrected chi connectivity index (χ0v) is 23.3. The van der Waals surface area contributed by atoms with Crippen molar-refractivity contribution in [3.8, 4) is 0 Å². The third-order valence-electron chi connectivity index (χ3n) is 6.29. The van der Waals surface area contributed by atoms with Gasteiger partial charge in [0.15, 0.2) is 5.78 Å². The minimum atomic E-state index is -0.579. The molecule has 0 N–H and O–H groups in total. The van der Waals surface area contributed by atoms with E-state index >= 15 is 4.39 Å². The van der Waals surface area contributed by atoms with E-state index in [2.05, 4.69) is 10.3 Å². The first-order valence-corrected chi connectivity index (χ1v) is 12.7. The lowest BCUT2D eigenvalue weighted by atomic mass is 9.99. The Bertz CT molecular complexity index is 1710. The fraction of sp³-hybridized carbons (Fsp3) is 0.156. The van der Waals surface area contributed by atoms with Crippen molar-refractivity contribution in [3.63, 3.8) is 0 Å². The van der Waals surface area contributed by atoms with Crippen LogP contribution in [0.4, 0.5) is 21.5 Å². The van der Waals surface area contributed by atoms with Crippen LogP contribution in [0.15, 0.2) is 89.2 Å². The number of fused-ring (bicyclic) bond motifs is 1. The fourth-order valence-electron chi connectivity index (χ4n) is 4.33. The average Bonchev–Trinajstić information content (AvgIpc) is 2.95. The number of rotatable bonds is 8. The van der Waals surface area contributed by atoms with Gasteiger partial charge in [-0.2, -0.15) is 0 Å². The van der Waals surface area contributed by atoms with Crippen molar-refractivity contribution in [1.29, 1.82) is 0 Å². The van der Waals surface area contributed by atoms with E-state index in [-0.39, 0.29) is 11.5 Å². The molecule has 0 aliphatic heterocycles. The van der Waals surface area contributed by atoms with E-state index in [0.29, 0.717) is 39.5 Å². The minimum absolute atomic E-state index is 0.0794. The molecule has 0 aromatic heterocycles. The number of oxime groups is 2. The van der Waals surface area contributed by atoms with Gasteiger partial charge >= 0.3 is 11.9 Å². The van der Waals surface area contributed by atoms with Gasteiger partial charge in [0.1, 0.15) is 5.82 Å². The van der Waals surface area contributed by atoms with E-state index in [4.69, 9.17) is 9.68 Å². The predicted molar refractivity (Wildman–Crippen MR) is 157 cm³/mol. The van der Waals surface area contributed by atoms with Crippen LogP contribution < -0.4 is 4.90 Å². The summed E-state index contributed by atoms with van der Waals surface area (Å²) in [6.07, 6.45) is 0. The Morgan fingerprint density at radius 1 is 0.659 bits per heavy atom. The van der Waals surface area contributed by atoms with Gasteiger partial charge in [-0.05, 0) is 68.1 Å². The summed E-state index contributed by atoms with van der Waals surface area (Å²) >= 11 is 0. The van der Waals surface area contributed by atoms with Crippen LogP contribution in [0, 0.1) is 5.82 Å². The number of Topliss-reactive ketones (excluding diaryl/α,β-unsaturated/α-hetero) is 1. The second kappa shape index (κ2) is 12.3. The lowest BCUT2D eigenvalue weighted by Gasteiger charge is -2.28. The quantitative estimate of drug-likeness (QED) is 0.0989. The number of carbonyl (C=O) groups is 3. The Balaban J connectivity index is 1.89. The Kier molecular flexibility index (Phi) is 8.67. The van der Waals surface area contributed by atoms with Gasteiger partial charge in [-0.15, -0.1) is 0 Å². The van der Waals surface area contributed by atoms with Gasteiger partial charge < -0.3 is 14.6 Å². The first kappa shape index (κ1) is 28.8. The van der Waals surface area contributed by atoms with Gasteiger partial charge in [0.05, 0.1) is 22.8 Å². The van der Waals surface area contributed by atoms with E-state index in [0.717, 1.165) is 10.8 Å². The molecule has 0 unspecified atom stereocenters. The lowest BCUT2D eigenvalue weighted by molar-refractivity contribution is -0.141. The van der Waals surface area contributed by atoms with Gasteiger partial charge in [-0.3, -0.25) is 4.79 Å². The van der Waals surface area contributed by atoms with E-state index in [1.807, 2.05) is 24.3 Å². The Hall–Kier alpha value is -5.18. The Morgan fingerprint density at radius 2 is 1.20 bits per heavy atom. The molecule has 0 aliphatic rings. The highest BCUT2D eigenvalue weighted by atomic mass is 19.1. The number of carbonyl (C=O) groups excluding carboxylic acids is 3. The van der Waals surface area contributed by atoms with Crippen LogP contribution in [0.3, 0.4) is 0 Å². The normalized spacial score (nSPS) is 11.8. The zero-order chi connectivity index (χ0) is 29.7. The van der Waals surface area contributed by atoms with E-state index < -0.39 is 17.8 Å². The van der Waals surface area contributed by atoms with Gasteiger partial charge in [0, 0.05) is 36.0 Å². The van der Waals surface area contributed by atoms with Crippen molar-refractivity contribution in [3.05, 3.63) is 101 Å². The number of anilines is 3. The third-order valence-corrected chi connectivity index (χ3v) is 6.29. The highest BCUT2D eigenvalue weighted by Gasteiger charge is 2.21. The van der Waals surface area contributed by atoms with Gasteiger partial charge in [0.25, 0.3) is 0 Å². The third kappa shape index (κ3) is 6.52. The molecule has 9 heteroatoms. The largest absolute Gasteiger partial charge is 0.331 e. The Morgan fingerprint density at radius 3 is 1.76 bits per heavy atom. The van der Waals surface area contributed by atoms with Gasteiger partial charge in [-0.1, -0.05) is 52.8 Å². The molecule has 4 rings (SSSR count). The average molecular weight is 554 g/mol. The highest BCUT2D eigenvalue weighted by molar-refractivity contribution is 6.11. The van der Waals surface area contributed by atoms with E-state index in [1.165, 1.54) is 26.8 Å². The fourth-order valence-corrected chi connectivity index (χ4v) is 4.33. The summed E-state index contributed by atoms with van der Waals surface area (Å²) in [4.78, 5) is 45.9. The Labute approximate surface area is 236 Å². The van der Waals surface area contributed by atoms with Crippen LogP contribution in [0.5, 0.6) is 0 Å². The number of hydrogen-bond donors (Lipinski definition) is 0. The molecule has 0 amide bonds. The highest BCUT2D eigenvalue weighted by Crippen LogP contribution is 2.41. The summed E-state index contributed by atoms with van der Waals surface area (Å²) in [6, 6.07) is 22.8. The summed E-state index contributed by atoms with van der Waals surface area (Å²) in [5, 5.41) is 9.09. The standard InChI is InChI=1S/C32H28FN3O5/c1-19(34-40-22(4)38)24-10-13-26(14-11-24)36(31-17-15-27(21(3)37)28-8-6-7-9-29(28)31)32-16-12-25(18-30(32)33)20(2)35-41-23(5)39/h6-18H,1-5H3/b34-19-,35-20+. The minimum Gasteiger partial charge on any atom is -0.318 e. The first-order chi connectivity index (χ1) is 19.6. The van der Waals surface area contributed by atoms with Crippen LogP contribution in [0.25, 0.3) is 10.8 Å². The molecule has 41 heavy (non-hydrogen) atoms. The summed E-state index contributed by atoms with van der Waals surface area (Å²) in [5.74, 6) is -1.73. The number of nitrogens with zero attached hydrogens (tertiary/aromatic N) is 3. The smallest absolute Gasteiger partial charge is 0.318 e. The molecular formula is C32H28FN3O5. The van der Waals surface area contributed by atoms with Gasteiger partial charge in [-0.25, -0.2) is 14.0 Å². The molecule has 208 valence electrons. The van der Waals surface area contributed by atoms with Crippen LogP contribution in [-0.2, 0) is 19.3 Å². The molecule has 0 radical (unpaired) electrons. The van der Waals surface area contributed by atoms with Crippen molar-refractivity contribution < 1.29 is 28.4 Å². The van der Waals surface area contributed by atoms with Crippen molar-refractivity contribution in [1.82, 2.24) is 0 Å². The predicted octanol–water partition coefficient (Wildman–Crippen LogP) is 7.23. The molecule has 0 bridgehead atoms. The van der Waals surface area contributed by atoms with Crippen molar-refractivity contribution in [2.24, 2.45) is 10.3 Å². The molecule has 0 atom stereocenters. The molecule has 0 fully saturated rings. The van der Waals surface area contributed by atoms with Crippen molar-refractivity contribution in [2.75, 3.05) is 4.90 Å². The molecule has 0 saturated heterocycles. The maximum Gasteiger partial charge on any atom is 0.331 e. The number of benzene rings is 4. The number of halogens is 1. The zero-order valence-electron chi connectivity index (χ0n) is 23.3. The second-order valence-electron chi connectivity index (χ2n) is 9.30. The first-order valence-electron chi connectivity index (χ1n) is 12.7. The van der Waals surface area contributed by atoms with Crippen LogP contribution >= 0.6 is 0 Å². The van der Waals surface area contributed by atoms with Crippen LogP contribution in [0.2, 0.25) is 0 Å². The van der Waals surface area contributed by atoms with E-state index in [9.17, 15) is 14.4 Å². The molecule has 0 saturated carbocycles. The molecule has 0 heterocycles. The molecule has 8 nitrogen and oxygen atoms in total. The van der Waals surface area contributed by atoms with Crippen molar-refractivity contribution in [2.45, 2.75) is 34.6 Å². The van der Waals surface area contributed by atoms with Crippen molar-refractivity contribution >= 4 is 57.0 Å². The summed E-state index contributed by atoms with van der Waals surface area (Å²) in [6.45, 7) is 7.33. The van der Waals surface area contributed by atoms with Crippen LogP contribution in [-0.4, -0.2) is 29.1 Å². The van der Waals surface area contributed by atoms with Gasteiger partial charge in [0.2, 0.25) is 0 Å².